The summed E-state index contributed by atoms with van der Waals surface area (Å²) in [5, 5.41) is 9.21. The Morgan fingerprint density at radius 1 is 1.31 bits per heavy atom. The van der Waals surface area contributed by atoms with Crippen LogP contribution >= 0.6 is 15.9 Å². The molecule has 2 atom stereocenters. The maximum atomic E-state index is 13.2. The van der Waals surface area contributed by atoms with E-state index < -0.39 is 6.04 Å². The summed E-state index contributed by atoms with van der Waals surface area (Å²) in [5.41, 5.74) is 0.961. The number of halogens is 1. The van der Waals surface area contributed by atoms with E-state index in [-0.39, 0.29) is 18.0 Å². The second kappa shape index (κ2) is 7.37. The number of pyridine rings is 1. The van der Waals surface area contributed by atoms with E-state index in [4.69, 9.17) is 0 Å². The molecule has 5 rings (SSSR count). The maximum absolute atomic E-state index is 13.2. The average Bonchev–Trinajstić information content (AvgIpc) is 3.45. The lowest BCUT2D eigenvalue weighted by molar-refractivity contribution is -0.122. The molecule has 1 saturated carbocycles. The molecule has 2 fully saturated rings. The van der Waals surface area contributed by atoms with E-state index in [1.807, 2.05) is 18.2 Å². The summed E-state index contributed by atoms with van der Waals surface area (Å²) < 4.78 is 0.847. The molecule has 4 heterocycles. The van der Waals surface area contributed by atoms with Gasteiger partial charge in [0.1, 0.15) is 17.7 Å². The van der Waals surface area contributed by atoms with Gasteiger partial charge in [0.2, 0.25) is 5.91 Å². The topological polar surface area (TPSA) is 89.6 Å². The largest absolute Gasteiger partial charge is 0.366 e. The third-order valence-electron chi connectivity index (χ3n) is 5.81. The first-order chi connectivity index (χ1) is 14.1. The van der Waals surface area contributed by atoms with Crippen LogP contribution in [-0.4, -0.2) is 58.4 Å². The number of hydrogen-bond acceptors (Lipinski definition) is 5. The number of urea groups is 1. The fourth-order valence-electron chi connectivity index (χ4n) is 4.08. The predicted octanol–water partition coefficient (Wildman–Crippen LogP) is 1.99. The van der Waals surface area contributed by atoms with Crippen LogP contribution in [0.5, 0.6) is 0 Å². The number of rotatable bonds is 4. The highest BCUT2D eigenvalue weighted by Gasteiger charge is 2.42. The zero-order chi connectivity index (χ0) is 20.0. The van der Waals surface area contributed by atoms with Crippen LogP contribution in [0.15, 0.2) is 46.5 Å². The average molecular weight is 459 g/mol. The smallest absolute Gasteiger partial charge is 0.328 e. The van der Waals surface area contributed by atoms with Crippen LogP contribution in [0.1, 0.15) is 19.3 Å². The van der Waals surface area contributed by atoms with Crippen molar-refractivity contribution >= 4 is 33.7 Å². The van der Waals surface area contributed by atoms with Gasteiger partial charge in [-0.05, 0) is 43.4 Å². The molecule has 1 aromatic rings. The lowest BCUT2D eigenvalue weighted by Gasteiger charge is -2.40. The van der Waals surface area contributed by atoms with Crippen LogP contribution < -0.4 is 16.0 Å². The highest BCUT2D eigenvalue weighted by molar-refractivity contribution is 9.10. The van der Waals surface area contributed by atoms with Crippen molar-refractivity contribution in [1.29, 1.82) is 0 Å². The molecule has 1 aliphatic carbocycles. The van der Waals surface area contributed by atoms with Crippen molar-refractivity contribution < 1.29 is 9.59 Å². The molecular formula is C20H23BrN6O2. The number of allylic oxidation sites excluding steroid dienone is 1. The molecule has 0 aromatic carbocycles. The molecule has 3 N–H and O–H groups in total. The van der Waals surface area contributed by atoms with E-state index >= 15 is 0 Å². The highest BCUT2D eigenvalue weighted by Crippen LogP contribution is 2.33. The van der Waals surface area contributed by atoms with Gasteiger partial charge >= 0.3 is 6.03 Å². The number of hydrogen-bond donors (Lipinski definition) is 3. The van der Waals surface area contributed by atoms with Crippen LogP contribution in [0, 0.1) is 5.92 Å². The molecule has 29 heavy (non-hydrogen) atoms. The molecule has 3 amide bonds. The molecule has 8 nitrogen and oxygen atoms in total. The van der Waals surface area contributed by atoms with E-state index in [1.54, 1.807) is 17.2 Å². The molecule has 0 radical (unpaired) electrons. The first-order valence-electron chi connectivity index (χ1n) is 10.0. The van der Waals surface area contributed by atoms with Gasteiger partial charge in [-0.15, -0.1) is 0 Å². The third-order valence-corrected chi connectivity index (χ3v) is 6.30. The van der Waals surface area contributed by atoms with Gasteiger partial charge in [0, 0.05) is 30.3 Å². The van der Waals surface area contributed by atoms with Crippen molar-refractivity contribution in [3.8, 4) is 0 Å². The Bertz CT molecular complexity index is 912. The standard InChI is InChI=1S/C20H23BrN6O2/c21-13-5-7-22-17(9-13)25-20(29)27-14-6-8-26(11-14)16-4-3-15(24-18(16)27)19(28)23-10-12-1-2-12/h3-5,7,9,12,14-15,24H,1-2,6,8,10-11H2,(H,23,28)(H,22,25,29)/t14-,15?/m0/s1. The summed E-state index contributed by atoms with van der Waals surface area (Å²) in [6, 6.07) is 2.92. The second-order valence-electron chi connectivity index (χ2n) is 7.95. The van der Waals surface area contributed by atoms with Crippen molar-refractivity contribution in [3.05, 3.63) is 46.5 Å². The number of nitrogens with one attached hydrogen (secondary N) is 3. The van der Waals surface area contributed by atoms with Gasteiger partial charge in [0.25, 0.3) is 0 Å². The molecule has 1 aromatic heterocycles. The van der Waals surface area contributed by atoms with Crippen LogP contribution in [0.25, 0.3) is 0 Å². The van der Waals surface area contributed by atoms with Crippen molar-refractivity contribution in [3.63, 3.8) is 0 Å². The Labute approximate surface area is 177 Å². The van der Waals surface area contributed by atoms with Gasteiger partial charge in [-0.2, -0.15) is 0 Å². The molecule has 1 saturated heterocycles. The van der Waals surface area contributed by atoms with Gasteiger partial charge in [-0.3, -0.25) is 15.0 Å². The van der Waals surface area contributed by atoms with Crippen LogP contribution in [0.3, 0.4) is 0 Å². The molecule has 9 heteroatoms. The first kappa shape index (κ1) is 18.5. The highest BCUT2D eigenvalue weighted by atomic mass is 79.9. The summed E-state index contributed by atoms with van der Waals surface area (Å²) in [7, 11) is 0. The summed E-state index contributed by atoms with van der Waals surface area (Å²) in [6.45, 7) is 2.42. The summed E-state index contributed by atoms with van der Waals surface area (Å²) in [5.74, 6) is 1.75. The number of dihydropyridines is 1. The van der Waals surface area contributed by atoms with E-state index in [1.165, 1.54) is 12.8 Å². The van der Waals surface area contributed by atoms with Crippen LogP contribution in [0.2, 0.25) is 0 Å². The third kappa shape index (κ3) is 3.71. The fourth-order valence-corrected chi connectivity index (χ4v) is 4.41. The molecule has 4 aliphatic rings. The van der Waals surface area contributed by atoms with Crippen molar-refractivity contribution in [2.45, 2.75) is 31.3 Å². The monoisotopic (exact) mass is 458 g/mol. The molecule has 0 spiro atoms. The van der Waals surface area contributed by atoms with Crippen molar-refractivity contribution in [2.24, 2.45) is 5.92 Å². The summed E-state index contributed by atoms with van der Waals surface area (Å²) >= 11 is 3.40. The minimum Gasteiger partial charge on any atom is -0.366 e. The normalized spacial score (nSPS) is 24.9. The Hall–Kier alpha value is -2.55. The molecule has 1 unspecified atom stereocenters. The Kier molecular flexibility index (Phi) is 4.69. The van der Waals surface area contributed by atoms with Crippen molar-refractivity contribution in [1.82, 2.24) is 25.4 Å². The first-order valence-corrected chi connectivity index (χ1v) is 10.8. The zero-order valence-corrected chi connectivity index (χ0v) is 17.5. The van der Waals surface area contributed by atoms with Gasteiger partial charge in [0.15, 0.2) is 0 Å². The molecule has 152 valence electrons. The summed E-state index contributed by atoms with van der Waals surface area (Å²) in [4.78, 5) is 34.0. The molecule has 2 bridgehead atoms. The van der Waals surface area contributed by atoms with Crippen molar-refractivity contribution in [2.75, 3.05) is 25.0 Å². The quantitative estimate of drug-likeness (QED) is 0.641. The van der Waals surface area contributed by atoms with Gasteiger partial charge in [-0.1, -0.05) is 22.0 Å². The van der Waals surface area contributed by atoms with E-state index in [0.29, 0.717) is 17.6 Å². The van der Waals surface area contributed by atoms with Gasteiger partial charge in [-0.25, -0.2) is 9.78 Å². The Balaban J connectivity index is 1.35. The lowest BCUT2D eigenvalue weighted by atomic mass is 10.1. The number of anilines is 1. The molecule has 3 aliphatic heterocycles. The van der Waals surface area contributed by atoms with E-state index in [2.05, 4.69) is 41.8 Å². The number of nitrogens with zero attached hydrogens (tertiary/aromatic N) is 3. The maximum Gasteiger partial charge on any atom is 0.328 e. The summed E-state index contributed by atoms with van der Waals surface area (Å²) in [6.07, 6.45) is 8.76. The van der Waals surface area contributed by atoms with E-state index in [9.17, 15) is 9.59 Å². The van der Waals surface area contributed by atoms with E-state index in [0.717, 1.165) is 36.2 Å². The minimum atomic E-state index is -0.481. The second-order valence-corrected chi connectivity index (χ2v) is 8.87. The predicted molar refractivity (Wildman–Crippen MR) is 112 cm³/mol. The van der Waals surface area contributed by atoms with Gasteiger partial charge < -0.3 is 15.5 Å². The molecular weight excluding hydrogens is 436 g/mol. The number of aromatic nitrogens is 1. The van der Waals surface area contributed by atoms with Gasteiger partial charge in [0.05, 0.1) is 11.7 Å². The zero-order valence-electron chi connectivity index (χ0n) is 15.9. The number of amides is 3. The van der Waals surface area contributed by atoms with Crippen LogP contribution in [0.4, 0.5) is 10.6 Å². The number of carbonyl (C=O) groups excluding carboxylic acids is 2. The fraction of sp³-hybridized carbons (Fsp3) is 0.450. The lowest BCUT2D eigenvalue weighted by Crippen LogP contribution is -2.56. The minimum absolute atomic E-state index is 0.0540. The number of fused-ring (bicyclic) bond motifs is 3. The Morgan fingerprint density at radius 3 is 2.97 bits per heavy atom. The SMILES string of the molecule is O=C(NCC1CC1)C1C=CC2=C(N1)N(C(=O)Nc1cc(Br)ccn1)[C@H]1CCN2C1. The Morgan fingerprint density at radius 2 is 2.17 bits per heavy atom. The van der Waals surface area contributed by atoms with Crippen LogP contribution in [-0.2, 0) is 4.79 Å². The number of carbonyl (C=O) groups is 2.